The molecule has 5 nitrogen and oxygen atoms in total. The number of hydrogen-bond donors (Lipinski definition) is 1. The number of dihydropyridines is 1. The fourth-order valence-electron chi connectivity index (χ4n) is 3.46. The van der Waals surface area contributed by atoms with Crippen molar-refractivity contribution in [1.82, 2.24) is 5.32 Å². The average molecular weight is 382 g/mol. The number of Topliss-reactive ketones (excluding diaryl/α,β-unsaturated/α-hetero) is 1. The quantitative estimate of drug-likeness (QED) is 0.782. The lowest BCUT2D eigenvalue weighted by atomic mass is 9.77. The van der Waals surface area contributed by atoms with Crippen LogP contribution in [0.15, 0.2) is 46.1 Å². The number of nitrogens with zero attached hydrogens (tertiary/aromatic N) is 1. The van der Waals surface area contributed by atoms with E-state index in [0.717, 1.165) is 29.7 Å². The topological polar surface area (TPSA) is 79.2 Å². The summed E-state index contributed by atoms with van der Waals surface area (Å²) in [6.07, 6.45) is 2.07. The SMILES string of the molecule is CCOC(=O)CSC1=C(C#N)[C@@H](c2ccc(C)cc2)C2=C(CCCC2=O)N1. The van der Waals surface area contributed by atoms with Crippen LogP contribution in [0, 0.1) is 18.3 Å². The summed E-state index contributed by atoms with van der Waals surface area (Å²) in [4.78, 5) is 24.4. The van der Waals surface area contributed by atoms with Crippen LogP contribution in [0.25, 0.3) is 0 Å². The second-order valence-corrected chi connectivity index (χ2v) is 7.57. The number of ketones is 1. The van der Waals surface area contributed by atoms with E-state index in [4.69, 9.17) is 4.74 Å². The molecule has 0 aromatic heterocycles. The van der Waals surface area contributed by atoms with Crippen molar-refractivity contribution in [2.75, 3.05) is 12.4 Å². The van der Waals surface area contributed by atoms with Gasteiger partial charge in [0, 0.05) is 17.7 Å². The first kappa shape index (κ1) is 19.2. The molecule has 6 heteroatoms. The second kappa shape index (κ2) is 8.45. The van der Waals surface area contributed by atoms with E-state index in [1.54, 1.807) is 6.92 Å². The van der Waals surface area contributed by atoms with Gasteiger partial charge in [-0.05, 0) is 32.3 Å². The molecule has 0 fully saturated rings. The molecule has 1 N–H and O–H groups in total. The average Bonchev–Trinajstić information content (AvgIpc) is 2.66. The number of thioether (sulfide) groups is 1. The molecule has 1 aliphatic heterocycles. The van der Waals surface area contributed by atoms with E-state index in [0.29, 0.717) is 29.2 Å². The minimum atomic E-state index is -0.385. The zero-order valence-corrected chi connectivity index (χ0v) is 16.3. The van der Waals surface area contributed by atoms with Crippen molar-refractivity contribution in [3.63, 3.8) is 0 Å². The number of hydrogen-bond acceptors (Lipinski definition) is 6. The molecule has 3 rings (SSSR count). The Morgan fingerprint density at radius 2 is 2.07 bits per heavy atom. The second-order valence-electron chi connectivity index (χ2n) is 6.59. The fourth-order valence-corrected chi connectivity index (χ4v) is 4.32. The molecule has 0 spiro atoms. The highest BCUT2D eigenvalue weighted by Crippen LogP contribution is 2.43. The molecule has 0 radical (unpaired) electrons. The van der Waals surface area contributed by atoms with E-state index in [9.17, 15) is 14.9 Å². The summed E-state index contributed by atoms with van der Waals surface area (Å²) in [5, 5.41) is 13.8. The molecule has 0 amide bonds. The predicted molar refractivity (Wildman–Crippen MR) is 105 cm³/mol. The molecular weight excluding hydrogens is 360 g/mol. The van der Waals surface area contributed by atoms with Crippen LogP contribution in [0.4, 0.5) is 0 Å². The highest BCUT2D eigenvalue weighted by Gasteiger charge is 2.37. The number of nitriles is 1. The van der Waals surface area contributed by atoms with Crippen LogP contribution in [0.5, 0.6) is 0 Å². The van der Waals surface area contributed by atoms with Crippen molar-refractivity contribution in [3.8, 4) is 6.07 Å². The van der Waals surface area contributed by atoms with Crippen LogP contribution in [-0.4, -0.2) is 24.1 Å². The zero-order chi connectivity index (χ0) is 19.4. The first-order chi connectivity index (χ1) is 13.0. The van der Waals surface area contributed by atoms with Crippen molar-refractivity contribution in [3.05, 3.63) is 57.3 Å². The largest absolute Gasteiger partial charge is 0.465 e. The summed E-state index contributed by atoms with van der Waals surface area (Å²) in [6, 6.07) is 10.2. The first-order valence-corrected chi connectivity index (χ1v) is 10.1. The van der Waals surface area contributed by atoms with Crippen LogP contribution >= 0.6 is 11.8 Å². The van der Waals surface area contributed by atoms with Gasteiger partial charge >= 0.3 is 5.97 Å². The van der Waals surface area contributed by atoms with E-state index in [1.165, 1.54) is 11.8 Å². The molecule has 0 unspecified atom stereocenters. The molecule has 140 valence electrons. The van der Waals surface area contributed by atoms with E-state index < -0.39 is 0 Å². The van der Waals surface area contributed by atoms with Gasteiger partial charge in [-0.3, -0.25) is 9.59 Å². The van der Waals surface area contributed by atoms with Crippen molar-refractivity contribution < 1.29 is 14.3 Å². The van der Waals surface area contributed by atoms with E-state index in [-0.39, 0.29) is 23.4 Å². The van der Waals surface area contributed by atoms with Gasteiger partial charge in [0.15, 0.2) is 5.78 Å². The third-order valence-electron chi connectivity index (χ3n) is 4.71. The number of allylic oxidation sites excluding steroid dienone is 3. The Morgan fingerprint density at radius 1 is 1.33 bits per heavy atom. The normalized spacial score (nSPS) is 19.3. The number of esters is 1. The van der Waals surface area contributed by atoms with E-state index in [2.05, 4.69) is 11.4 Å². The monoisotopic (exact) mass is 382 g/mol. The predicted octanol–water partition coefficient (Wildman–Crippen LogP) is 3.72. The van der Waals surface area contributed by atoms with Gasteiger partial charge in [0.05, 0.1) is 34.9 Å². The van der Waals surface area contributed by atoms with E-state index in [1.807, 2.05) is 31.2 Å². The summed E-state index contributed by atoms with van der Waals surface area (Å²) < 4.78 is 4.99. The molecule has 2 aliphatic rings. The van der Waals surface area contributed by atoms with Crippen LogP contribution in [0.1, 0.15) is 43.2 Å². The Labute approximate surface area is 163 Å². The summed E-state index contributed by atoms with van der Waals surface area (Å²) >= 11 is 1.26. The molecule has 27 heavy (non-hydrogen) atoms. The van der Waals surface area contributed by atoms with Crippen LogP contribution in [0.2, 0.25) is 0 Å². The number of carbonyl (C=O) groups excluding carboxylic acids is 2. The van der Waals surface area contributed by atoms with Gasteiger partial charge in [-0.1, -0.05) is 41.6 Å². The van der Waals surface area contributed by atoms with Gasteiger partial charge in [-0.15, -0.1) is 0 Å². The highest BCUT2D eigenvalue weighted by molar-refractivity contribution is 8.03. The summed E-state index contributed by atoms with van der Waals surface area (Å²) in [7, 11) is 0. The molecule has 1 aromatic rings. The molecule has 1 aliphatic carbocycles. The lowest BCUT2D eigenvalue weighted by molar-refractivity contribution is -0.139. The Hall–Kier alpha value is -2.52. The molecule has 1 heterocycles. The van der Waals surface area contributed by atoms with Gasteiger partial charge in [-0.2, -0.15) is 5.26 Å². The van der Waals surface area contributed by atoms with Gasteiger partial charge < -0.3 is 10.1 Å². The number of carbonyl (C=O) groups is 2. The van der Waals surface area contributed by atoms with Gasteiger partial charge in [-0.25, -0.2) is 0 Å². The van der Waals surface area contributed by atoms with Crippen molar-refractivity contribution >= 4 is 23.5 Å². The standard InChI is InChI=1S/C21H22N2O3S/c1-3-26-18(25)12-27-21-15(11-22)19(14-9-7-13(2)8-10-14)20-16(23-21)5-4-6-17(20)24/h7-10,19,23H,3-6,12H2,1-2H3/t19-/m1/s1. The minimum absolute atomic E-state index is 0.0940. The van der Waals surface area contributed by atoms with E-state index >= 15 is 0 Å². The van der Waals surface area contributed by atoms with Crippen molar-refractivity contribution in [1.29, 1.82) is 5.26 Å². The zero-order valence-electron chi connectivity index (χ0n) is 15.5. The van der Waals surface area contributed by atoms with Gasteiger partial charge in [0.25, 0.3) is 0 Å². The number of rotatable bonds is 5. The molecule has 0 bridgehead atoms. The first-order valence-electron chi connectivity index (χ1n) is 9.07. The summed E-state index contributed by atoms with van der Waals surface area (Å²) in [5.74, 6) is -0.486. The van der Waals surface area contributed by atoms with Crippen LogP contribution < -0.4 is 5.32 Å². The number of benzene rings is 1. The Morgan fingerprint density at radius 3 is 2.74 bits per heavy atom. The lowest BCUT2D eigenvalue weighted by Crippen LogP contribution is -2.31. The van der Waals surface area contributed by atoms with Crippen LogP contribution in [0.3, 0.4) is 0 Å². The Kier molecular flexibility index (Phi) is 6.02. The molecule has 1 atom stereocenters. The molecule has 1 aromatic carbocycles. The van der Waals surface area contributed by atoms with Crippen molar-refractivity contribution in [2.45, 2.75) is 39.0 Å². The molecule has 0 saturated carbocycles. The summed E-state index contributed by atoms with van der Waals surface area (Å²) in [6.45, 7) is 4.09. The Balaban J connectivity index is 2.02. The van der Waals surface area contributed by atoms with Crippen LogP contribution in [-0.2, 0) is 14.3 Å². The number of aryl methyl sites for hydroxylation is 1. The fraction of sp³-hybridized carbons (Fsp3) is 0.381. The maximum atomic E-state index is 12.7. The summed E-state index contributed by atoms with van der Waals surface area (Å²) in [5.41, 5.74) is 4.11. The third-order valence-corrected chi connectivity index (χ3v) is 5.70. The minimum Gasteiger partial charge on any atom is -0.465 e. The van der Waals surface area contributed by atoms with Gasteiger partial charge in [0.2, 0.25) is 0 Å². The number of nitrogens with one attached hydrogen (secondary N) is 1. The number of ether oxygens (including phenoxy) is 1. The highest BCUT2D eigenvalue weighted by atomic mass is 32.2. The molecule has 0 saturated heterocycles. The smallest absolute Gasteiger partial charge is 0.316 e. The maximum absolute atomic E-state index is 12.7. The molecular formula is C21H22N2O3S. The lowest BCUT2D eigenvalue weighted by Gasteiger charge is -2.33. The van der Waals surface area contributed by atoms with Crippen molar-refractivity contribution in [2.24, 2.45) is 0 Å². The Bertz CT molecular complexity index is 862. The third kappa shape index (κ3) is 4.09. The van der Waals surface area contributed by atoms with Gasteiger partial charge in [0.1, 0.15) is 0 Å². The maximum Gasteiger partial charge on any atom is 0.316 e.